The zero-order chi connectivity index (χ0) is 13.6. The van der Waals surface area contributed by atoms with Gasteiger partial charge in [0.2, 0.25) is 0 Å². The van der Waals surface area contributed by atoms with Crippen LogP contribution in [0.4, 0.5) is 0 Å². The van der Waals surface area contributed by atoms with Gasteiger partial charge in [-0.15, -0.1) is 0 Å². The molecule has 1 saturated carbocycles. The Morgan fingerprint density at radius 1 is 1.26 bits per heavy atom. The minimum absolute atomic E-state index is 0.214. The lowest BCUT2D eigenvalue weighted by molar-refractivity contribution is 0.591. The SMILES string of the molecule is Cn1cc(CNC2CC2)c2cc(C(C)(C)C)ccc21. The van der Waals surface area contributed by atoms with Crippen LogP contribution in [0.25, 0.3) is 10.9 Å². The molecule has 0 atom stereocenters. The number of fused-ring (bicyclic) bond motifs is 1. The van der Waals surface area contributed by atoms with Crippen LogP contribution in [-0.2, 0) is 19.0 Å². The maximum atomic E-state index is 3.62. The average Bonchev–Trinajstić information content (AvgIpc) is 3.11. The molecular weight excluding hydrogens is 232 g/mol. The zero-order valence-electron chi connectivity index (χ0n) is 12.5. The summed E-state index contributed by atoms with van der Waals surface area (Å²) in [6, 6.07) is 7.66. The maximum Gasteiger partial charge on any atom is 0.0481 e. The van der Waals surface area contributed by atoms with Crippen molar-refractivity contribution >= 4 is 10.9 Å². The van der Waals surface area contributed by atoms with Crippen LogP contribution < -0.4 is 5.32 Å². The highest BCUT2D eigenvalue weighted by molar-refractivity contribution is 5.85. The van der Waals surface area contributed by atoms with Gasteiger partial charge in [0.15, 0.2) is 0 Å². The largest absolute Gasteiger partial charge is 0.350 e. The molecule has 3 rings (SSSR count). The molecule has 0 aliphatic heterocycles. The van der Waals surface area contributed by atoms with E-state index in [0.717, 1.165) is 12.6 Å². The maximum absolute atomic E-state index is 3.62. The van der Waals surface area contributed by atoms with Crippen molar-refractivity contribution in [2.24, 2.45) is 7.05 Å². The Hall–Kier alpha value is -1.28. The molecule has 102 valence electrons. The first kappa shape index (κ1) is 12.7. The van der Waals surface area contributed by atoms with Crippen molar-refractivity contribution in [2.75, 3.05) is 0 Å². The Balaban J connectivity index is 2.00. The van der Waals surface area contributed by atoms with Crippen LogP contribution in [0, 0.1) is 0 Å². The molecule has 0 unspecified atom stereocenters. The summed E-state index contributed by atoms with van der Waals surface area (Å²) in [5.74, 6) is 0. The van der Waals surface area contributed by atoms with Gasteiger partial charge in [-0.2, -0.15) is 0 Å². The van der Waals surface area contributed by atoms with E-state index in [1.165, 1.54) is 34.9 Å². The van der Waals surface area contributed by atoms with E-state index in [2.05, 4.69) is 62.1 Å². The van der Waals surface area contributed by atoms with E-state index in [-0.39, 0.29) is 5.41 Å². The van der Waals surface area contributed by atoms with Crippen LogP contribution in [0.3, 0.4) is 0 Å². The highest BCUT2D eigenvalue weighted by atomic mass is 15.0. The summed E-state index contributed by atoms with van der Waals surface area (Å²) in [5, 5.41) is 5.03. The first-order valence-electron chi connectivity index (χ1n) is 7.27. The number of nitrogens with one attached hydrogen (secondary N) is 1. The Bertz CT molecular complexity index is 597. The molecule has 1 aromatic carbocycles. The van der Waals surface area contributed by atoms with Gasteiger partial charge < -0.3 is 9.88 Å². The van der Waals surface area contributed by atoms with Gasteiger partial charge in [-0.1, -0.05) is 26.8 Å². The highest BCUT2D eigenvalue weighted by Gasteiger charge is 2.21. The van der Waals surface area contributed by atoms with Crippen LogP contribution in [0.5, 0.6) is 0 Å². The number of hydrogen-bond acceptors (Lipinski definition) is 1. The standard InChI is InChI=1S/C17H24N2/c1-17(2,3)13-5-8-16-15(9-13)12(11-19(16)4)10-18-14-6-7-14/h5,8-9,11,14,18H,6-7,10H2,1-4H3. The molecule has 1 aliphatic carbocycles. The normalized spacial score (nSPS) is 16.2. The number of benzene rings is 1. The van der Waals surface area contributed by atoms with Crippen LogP contribution in [-0.4, -0.2) is 10.6 Å². The van der Waals surface area contributed by atoms with Crippen LogP contribution in [0.1, 0.15) is 44.7 Å². The number of rotatable bonds is 3. The van der Waals surface area contributed by atoms with E-state index >= 15 is 0 Å². The summed E-state index contributed by atoms with van der Waals surface area (Å²) in [7, 11) is 2.14. The van der Waals surface area contributed by atoms with E-state index in [1.54, 1.807) is 0 Å². The third kappa shape index (κ3) is 2.55. The van der Waals surface area contributed by atoms with Gasteiger partial charge >= 0.3 is 0 Å². The second-order valence-corrected chi connectivity index (χ2v) is 6.90. The number of aromatic nitrogens is 1. The lowest BCUT2D eigenvalue weighted by Crippen LogP contribution is -2.15. The smallest absolute Gasteiger partial charge is 0.0481 e. The lowest BCUT2D eigenvalue weighted by atomic mass is 9.86. The molecule has 0 saturated heterocycles. The molecule has 1 heterocycles. The topological polar surface area (TPSA) is 17.0 Å². The molecule has 0 spiro atoms. The average molecular weight is 256 g/mol. The lowest BCUT2D eigenvalue weighted by Gasteiger charge is -2.19. The third-order valence-corrected chi connectivity index (χ3v) is 4.10. The van der Waals surface area contributed by atoms with E-state index in [9.17, 15) is 0 Å². The highest BCUT2D eigenvalue weighted by Crippen LogP contribution is 2.29. The van der Waals surface area contributed by atoms with E-state index in [4.69, 9.17) is 0 Å². The van der Waals surface area contributed by atoms with Crippen LogP contribution in [0.15, 0.2) is 24.4 Å². The molecular formula is C17H24N2. The zero-order valence-corrected chi connectivity index (χ0v) is 12.5. The Kier molecular flexibility index (Phi) is 2.94. The van der Waals surface area contributed by atoms with Crippen molar-refractivity contribution in [3.05, 3.63) is 35.5 Å². The molecule has 0 amide bonds. The minimum atomic E-state index is 0.214. The summed E-state index contributed by atoms with van der Waals surface area (Å²) < 4.78 is 2.24. The first-order valence-corrected chi connectivity index (χ1v) is 7.27. The summed E-state index contributed by atoms with van der Waals surface area (Å²) >= 11 is 0. The van der Waals surface area contributed by atoms with Crippen molar-refractivity contribution in [1.29, 1.82) is 0 Å². The fourth-order valence-electron chi connectivity index (χ4n) is 2.62. The summed E-state index contributed by atoms with van der Waals surface area (Å²) in [6.07, 6.45) is 4.96. The second kappa shape index (κ2) is 4.38. The molecule has 1 aliphatic rings. The van der Waals surface area contributed by atoms with E-state index < -0.39 is 0 Å². The minimum Gasteiger partial charge on any atom is -0.350 e. The van der Waals surface area contributed by atoms with Crippen molar-refractivity contribution < 1.29 is 0 Å². The van der Waals surface area contributed by atoms with Gasteiger partial charge in [-0.3, -0.25) is 0 Å². The van der Waals surface area contributed by atoms with Crippen molar-refractivity contribution in [2.45, 2.75) is 51.6 Å². The van der Waals surface area contributed by atoms with Crippen LogP contribution in [0.2, 0.25) is 0 Å². The number of nitrogens with zero attached hydrogens (tertiary/aromatic N) is 1. The van der Waals surface area contributed by atoms with E-state index in [1.807, 2.05) is 0 Å². The fraction of sp³-hybridized carbons (Fsp3) is 0.529. The molecule has 0 radical (unpaired) electrons. The third-order valence-electron chi connectivity index (χ3n) is 4.10. The molecule has 1 aromatic heterocycles. The summed E-state index contributed by atoms with van der Waals surface area (Å²) in [6.45, 7) is 7.83. The number of hydrogen-bond donors (Lipinski definition) is 1. The molecule has 2 aromatic rings. The van der Waals surface area contributed by atoms with Gasteiger partial charge in [0.1, 0.15) is 0 Å². The predicted octanol–water partition coefficient (Wildman–Crippen LogP) is 3.73. The van der Waals surface area contributed by atoms with Crippen molar-refractivity contribution in [3.8, 4) is 0 Å². The first-order chi connectivity index (χ1) is 8.95. The summed E-state index contributed by atoms with van der Waals surface area (Å²) in [4.78, 5) is 0. The van der Waals surface area contributed by atoms with Gasteiger partial charge in [-0.25, -0.2) is 0 Å². The monoisotopic (exact) mass is 256 g/mol. The van der Waals surface area contributed by atoms with Crippen molar-refractivity contribution in [1.82, 2.24) is 9.88 Å². The fourth-order valence-corrected chi connectivity index (χ4v) is 2.62. The van der Waals surface area contributed by atoms with E-state index in [0.29, 0.717) is 0 Å². The Morgan fingerprint density at radius 3 is 2.63 bits per heavy atom. The molecule has 1 N–H and O–H groups in total. The molecule has 2 nitrogen and oxygen atoms in total. The van der Waals surface area contributed by atoms with Gasteiger partial charge in [0.05, 0.1) is 0 Å². The van der Waals surface area contributed by atoms with Gasteiger partial charge in [-0.05, 0) is 41.5 Å². The molecule has 1 fully saturated rings. The molecule has 0 bridgehead atoms. The van der Waals surface area contributed by atoms with Gasteiger partial charge in [0, 0.05) is 36.7 Å². The van der Waals surface area contributed by atoms with Crippen LogP contribution >= 0.6 is 0 Å². The Morgan fingerprint density at radius 2 is 2.00 bits per heavy atom. The van der Waals surface area contributed by atoms with Gasteiger partial charge in [0.25, 0.3) is 0 Å². The van der Waals surface area contributed by atoms with Crippen molar-refractivity contribution in [3.63, 3.8) is 0 Å². The summed E-state index contributed by atoms with van der Waals surface area (Å²) in [5.41, 5.74) is 4.39. The quantitative estimate of drug-likeness (QED) is 0.885. The molecule has 2 heteroatoms. The Labute approximate surface area is 115 Å². The molecule has 19 heavy (non-hydrogen) atoms. The second-order valence-electron chi connectivity index (χ2n) is 6.90. The number of aryl methyl sites for hydroxylation is 1. The predicted molar refractivity (Wildman–Crippen MR) is 81.5 cm³/mol.